The molecule has 0 aliphatic rings. The highest BCUT2D eigenvalue weighted by molar-refractivity contribution is 5.85. The zero-order chi connectivity index (χ0) is 5.70. The van der Waals surface area contributed by atoms with E-state index in [2.05, 4.69) is 5.92 Å². The Balaban J connectivity index is 0. The van der Waals surface area contributed by atoms with Crippen LogP contribution in [0.15, 0.2) is 0 Å². The molecule has 1 unspecified atom stereocenters. The first kappa shape index (κ1) is 10.7. The lowest BCUT2D eigenvalue weighted by Crippen LogP contribution is -2.16. The quantitative estimate of drug-likeness (QED) is 0.563. The SMILES string of the molecule is C#CCC(N)CC.Cl. The van der Waals surface area contributed by atoms with Crippen molar-refractivity contribution in [1.29, 1.82) is 0 Å². The van der Waals surface area contributed by atoms with Crippen LogP contribution in [0.1, 0.15) is 19.8 Å². The van der Waals surface area contributed by atoms with Gasteiger partial charge in [0.15, 0.2) is 0 Å². The minimum Gasteiger partial charge on any atom is -0.327 e. The van der Waals surface area contributed by atoms with E-state index in [0.717, 1.165) is 6.42 Å². The van der Waals surface area contributed by atoms with E-state index in [4.69, 9.17) is 12.2 Å². The van der Waals surface area contributed by atoms with E-state index in [0.29, 0.717) is 6.42 Å². The van der Waals surface area contributed by atoms with Gasteiger partial charge in [-0.15, -0.1) is 24.8 Å². The highest BCUT2D eigenvalue weighted by Crippen LogP contribution is 1.88. The fraction of sp³-hybridized carbons (Fsp3) is 0.667. The molecule has 0 spiro atoms. The number of terminal acetylenes is 1. The third-order valence-corrected chi connectivity index (χ3v) is 0.904. The molecule has 0 saturated carbocycles. The summed E-state index contributed by atoms with van der Waals surface area (Å²) in [7, 11) is 0. The highest BCUT2D eigenvalue weighted by Gasteiger charge is 1.91. The van der Waals surface area contributed by atoms with Crippen molar-refractivity contribution in [2.45, 2.75) is 25.8 Å². The molecule has 0 saturated heterocycles. The number of halogens is 1. The van der Waals surface area contributed by atoms with E-state index in [1.807, 2.05) is 6.92 Å². The first-order valence-corrected chi connectivity index (χ1v) is 2.50. The van der Waals surface area contributed by atoms with Crippen LogP contribution in [0.5, 0.6) is 0 Å². The van der Waals surface area contributed by atoms with Gasteiger partial charge in [-0.05, 0) is 6.42 Å². The molecule has 0 aromatic heterocycles. The summed E-state index contributed by atoms with van der Waals surface area (Å²) >= 11 is 0. The van der Waals surface area contributed by atoms with Crippen molar-refractivity contribution in [1.82, 2.24) is 0 Å². The van der Waals surface area contributed by atoms with E-state index in [9.17, 15) is 0 Å². The second-order valence-corrected chi connectivity index (χ2v) is 1.58. The predicted octanol–water partition coefficient (Wildman–Crippen LogP) is 1.17. The van der Waals surface area contributed by atoms with E-state index < -0.39 is 0 Å². The molecule has 1 nitrogen and oxygen atoms in total. The second-order valence-electron chi connectivity index (χ2n) is 1.58. The number of hydrogen-bond acceptors (Lipinski definition) is 1. The Bertz CT molecular complexity index is 75.1. The summed E-state index contributed by atoms with van der Waals surface area (Å²) < 4.78 is 0. The maximum atomic E-state index is 5.44. The third kappa shape index (κ3) is 5.81. The minimum atomic E-state index is 0. The average Bonchev–Trinajstić information content (AvgIpc) is 1.68. The number of hydrogen-bond donors (Lipinski definition) is 1. The van der Waals surface area contributed by atoms with Crippen molar-refractivity contribution in [3.05, 3.63) is 0 Å². The van der Waals surface area contributed by atoms with Crippen LogP contribution in [0.3, 0.4) is 0 Å². The van der Waals surface area contributed by atoms with Gasteiger partial charge in [0.2, 0.25) is 0 Å². The largest absolute Gasteiger partial charge is 0.327 e. The van der Waals surface area contributed by atoms with Gasteiger partial charge in [-0.1, -0.05) is 6.92 Å². The maximum Gasteiger partial charge on any atom is 0.0238 e. The topological polar surface area (TPSA) is 26.0 Å². The molecule has 0 fully saturated rings. The lowest BCUT2D eigenvalue weighted by molar-refractivity contribution is 0.669. The van der Waals surface area contributed by atoms with Crippen molar-refractivity contribution < 1.29 is 0 Å². The Morgan fingerprint density at radius 3 is 2.38 bits per heavy atom. The smallest absolute Gasteiger partial charge is 0.0238 e. The molecule has 0 aliphatic carbocycles. The van der Waals surface area contributed by atoms with E-state index in [1.165, 1.54) is 0 Å². The highest BCUT2D eigenvalue weighted by atomic mass is 35.5. The summed E-state index contributed by atoms with van der Waals surface area (Å²) in [5.41, 5.74) is 5.44. The average molecular weight is 134 g/mol. The van der Waals surface area contributed by atoms with Gasteiger partial charge in [-0.25, -0.2) is 0 Å². The molecule has 0 rings (SSSR count). The molecule has 0 aromatic rings. The molecule has 48 valence electrons. The molecular weight excluding hydrogens is 122 g/mol. The Morgan fingerprint density at radius 1 is 1.75 bits per heavy atom. The van der Waals surface area contributed by atoms with Gasteiger partial charge in [0.1, 0.15) is 0 Å². The van der Waals surface area contributed by atoms with Crippen molar-refractivity contribution in [3.63, 3.8) is 0 Å². The van der Waals surface area contributed by atoms with Crippen LogP contribution in [-0.2, 0) is 0 Å². The van der Waals surface area contributed by atoms with Crippen LogP contribution >= 0.6 is 12.4 Å². The molecular formula is C6H12ClN. The van der Waals surface area contributed by atoms with Gasteiger partial charge in [0, 0.05) is 12.5 Å². The van der Waals surface area contributed by atoms with E-state index >= 15 is 0 Å². The van der Waals surface area contributed by atoms with Gasteiger partial charge in [-0.3, -0.25) is 0 Å². The van der Waals surface area contributed by atoms with Crippen LogP contribution in [0, 0.1) is 12.3 Å². The third-order valence-electron chi connectivity index (χ3n) is 0.904. The first-order chi connectivity index (χ1) is 3.31. The van der Waals surface area contributed by atoms with Gasteiger partial charge < -0.3 is 5.73 Å². The van der Waals surface area contributed by atoms with Crippen LogP contribution in [0.2, 0.25) is 0 Å². The Kier molecular flexibility index (Phi) is 9.13. The summed E-state index contributed by atoms with van der Waals surface area (Å²) in [6.45, 7) is 2.03. The summed E-state index contributed by atoms with van der Waals surface area (Å²) in [6.07, 6.45) is 6.66. The Hall–Kier alpha value is -0.190. The molecule has 2 heteroatoms. The van der Waals surface area contributed by atoms with Gasteiger partial charge in [-0.2, -0.15) is 0 Å². The summed E-state index contributed by atoms with van der Waals surface area (Å²) in [6, 6.07) is 0.213. The van der Waals surface area contributed by atoms with E-state index in [-0.39, 0.29) is 18.4 Å². The standard InChI is InChI=1S/C6H11N.ClH/c1-3-5-6(7)4-2;/h1,6H,4-5,7H2,2H3;1H. The van der Waals surface area contributed by atoms with Crippen molar-refractivity contribution in [3.8, 4) is 12.3 Å². The van der Waals surface area contributed by atoms with Crippen molar-refractivity contribution in [2.75, 3.05) is 0 Å². The lowest BCUT2D eigenvalue weighted by atomic mass is 10.2. The van der Waals surface area contributed by atoms with Crippen molar-refractivity contribution >= 4 is 12.4 Å². The number of nitrogens with two attached hydrogens (primary N) is 1. The van der Waals surface area contributed by atoms with Gasteiger partial charge in [0.25, 0.3) is 0 Å². The summed E-state index contributed by atoms with van der Waals surface area (Å²) in [4.78, 5) is 0. The predicted molar refractivity (Wildman–Crippen MR) is 39.0 cm³/mol. The molecule has 0 heterocycles. The zero-order valence-corrected chi connectivity index (χ0v) is 5.87. The second kappa shape index (κ2) is 6.81. The Morgan fingerprint density at radius 2 is 2.25 bits per heavy atom. The molecule has 0 radical (unpaired) electrons. The summed E-state index contributed by atoms with van der Waals surface area (Å²) in [5, 5.41) is 0. The number of rotatable bonds is 2. The molecule has 1 atom stereocenters. The van der Waals surface area contributed by atoms with Crippen LogP contribution in [0.4, 0.5) is 0 Å². The molecule has 0 bridgehead atoms. The van der Waals surface area contributed by atoms with Crippen LogP contribution in [-0.4, -0.2) is 6.04 Å². The van der Waals surface area contributed by atoms with E-state index in [1.54, 1.807) is 0 Å². The molecule has 0 amide bonds. The lowest BCUT2D eigenvalue weighted by Gasteiger charge is -1.99. The molecule has 2 N–H and O–H groups in total. The maximum absolute atomic E-state index is 5.44. The minimum absolute atomic E-state index is 0. The first-order valence-electron chi connectivity index (χ1n) is 2.50. The van der Waals surface area contributed by atoms with Gasteiger partial charge >= 0.3 is 0 Å². The molecule has 8 heavy (non-hydrogen) atoms. The summed E-state index contributed by atoms with van der Waals surface area (Å²) in [5.74, 6) is 2.49. The monoisotopic (exact) mass is 133 g/mol. The normalized spacial score (nSPS) is 11.1. The van der Waals surface area contributed by atoms with Crippen LogP contribution in [0.25, 0.3) is 0 Å². The zero-order valence-electron chi connectivity index (χ0n) is 5.05. The van der Waals surface area contributed by atoms with Crippen molar-refractivity contribution in [2.24, 2.45) is 5.73 Å². The van der Waals surface area contributed by atoms with Crippen LogP contribution < -0.4 is 5.73 Å². The molecule has 0 aliphatic heterocycles. The fourth-order valence-corrected chi connectivity index (χ4v) is 0.296. The molecule has 0 aromatic carbocycles. The van der Waals surface area contributed by atoms with Gasteiger partial charge in [0.05, 0.1) is 0 Å². The fourth-order valence-electron chi connectivity index (χ4n) is 0.296. The Labute approximate surface area is 57.1 Å².